The largest absolute Gasteiger partial charge is 0.245 e. The summed E-state index contributed by atoms with van der Waals surface area (Å²) in [7, 11) is -2.38. The van der Waals surface area contributed by atoms with Crippen LogP contribution in [0.1, 0.15) is 25.3 Å². The van der Waals surface area contributed by atoms with Crippen LogP contribution in [-0.2, 0) is 15.9 Å². The smallest absolute Gasteiger partial charge is 0.207 e. The number of nitrogens with zero attached hydrogens (tertiary/aromatic N) is 1. The standard InChI is InChI=1S/C12H16BrClFNO2S/c1-3-4-5-16(2)19(17,18)11-7-10(13)6-9(8-14)12(11)15/h6-7H,3-5,8H2,1-2H3. The van der Waals surface area contributed by atoms with Gasteiger partial charge in [0.15, 0.2) is 0 Å². The van der Waals surface area contributed by atoms with E-state index >= 15 is 0 Å². The van der Waals surface area contributed by atoms with Crippen LogP contribution in [0.15, 0.2) is 21.5 Å². The summed E-state index contributed by atoms with van der Waals surface area (Å²) >= 11 is 8.79. The maximum Gasteiger partial charge on any atom is 0.245 e. The van der Waals surface area contributed by atoms with Gasteiger partial charge in [-0.3, -0.25) is 0 Å². The molecule has 0 aliphatic carbocycles. The molecule has 0 unspecified atom stereocenters. The van der Waals surface area contributed by atoms with Gasteiger partial charge in [0.05, 0.1) is 5.88 Å². The molecule has 1 rings (SSSR count). The zero-order valence-electron chi connectivity index (χ0n) is 10.8. The van der Waals surface area contributed by atoms with Gasteiger partial charge in [-0.15, -0.1) is 11.6 Å². The van der Waals surface area contributed by atoms with Gasteiger partial charge in [-0.05, 0) is 18.6 Å². The average molecular weight is 373 g/mol. The Morgan fingerprint density at radius 2 is 2.05 bits per heavy atom. The third-order valence-electron chi connectivity index (χ3n) is 2.74. The van der Waals surface area contributed by atoms with Crippen LogP contribution in [0.3, 0.4) is 0 Å². The van der Waals surface area contributed by atoms with Crippen LogP contribution in [0.4, 0.5) is 4.39 Å². The van der Waals surface area contributed by atoms with Crippen molar-refractivity contribution < 1.29 is 12.8 Å². The first-order valence-electron chi connectivity index (χ1n) is 5.84. The highest BCUT2D eigenvalue weighted by Crippen LogP contribution is 2.27. The first kappa shape index (κ1) is 16.9. The van der Waals surface area contributed by atoms with Crippen molar-refractivity contribution in [3.8, 4) is 0 Å². The summed E-state index contributed by atoms with van der Waals surface area (Å²) in [5, 5.41) is 0. The highest BCUT2D eigenvalue weighted by Gasteiger charge is 2.26. The van der Waals surface area contributed by atoms with E-state index in [2.05, 4.69) is 15.9 Å². The second-order valence-electron chi connectivity index (χ2n) is 4.19. The second-order valence-corrected chi connectivity index (χ2v) is 7.39. The molecule has 108 valence electrons. The lowest BCUT2D eigenvalue weighted by Crippen LogP contribution is -2.29. The minimum atomic E-state index is -3.83. The Morgan fingerprint density at radius 3 is 2.58 bits per heavy atom. The molecule has 0 saturated heterocycles. The molecule has 0 heterocycles. The first-order valence-corrected chi connectivity index (χ1v) is 8.61. The van der Waals surface area contributed by atoms with Crippen LogP contribution >= 0.6 is 27.5 Å². The van der Waals surface area contributed by atoms with Crippen molar-refractivity contribution in [1.82, 2.24) is 4.31 Å². The lowest BCUT2D eigenvalue weighted by Gasteiger charge is -2.18. The third kappa shape index (κ3) is 3.90. The van der Waals surface area contributed by atoms with Crippen LogP contribution in [0.5, 0.6) is 0 Å². The highest BCUT2D eigenvalue weighted by molar-refractivity contribution is 9.10. The molecule has 0 aliphatic rings. The molecular weight excluding hydrogens is 357 g/mol. The number of alkyl halides is 1. The number of rotatable bonds is 6. The van der Waals surface area contributed by atoms with Gasteiger partial charge in [0.2, 0.25) is 10.0 Å². The van der Waals surface area contributed by atoms with Crippen molar-refractivity contribution in [1.29, 1.82) is 0 Å². The van der Waals surface area contributed by atoms with E-state index in [0.29, 0.717) is 11.0 Å². The predicted molar refractivity (Wildman–Crippen MR) is 78.4 cm³/mol. The molecule has 0 fully saturated rings. The van der Waals surface area contributed by atoms with Crippen molar-refractivity contribution in [3.05, 3.63) is 28.0 Å². The summed E-state index contributed by atoms with van der Waals surface area (Å²) in [6.45, 7) is 2.33. The molecule has 3 nitrogen and oxygen atoms in total. The molecule has 1 aromatic carbocycles. The second kappa shape index (κ2) is 7.02. The quantitative estimate of drug-likeness (QED) is 0.713. The van der Waals surface area contributed by atoms with Crippen LogP contribution in [0.25, 0.3) is 0 Å². The molecule has 7 heteroatoms. The maximum absolute atomic E-state index is 14.1. The van der Waals surface area contributed by atoms with E-state index in [-0.39, 0.29) is 16.3 Å². The minimum Gasteiger partial charge on any atom is -0.207 e. The molecule has 0 amide bonds. The van der Waals surface area contributed by atoms with E-state index in [0.717, 1.165) is 12.8 Å². The summed E-state index contributed by atoms with van der Waals surface area (Å²) in [6.07, 6.45) is 1.60. The number of unbranched alkanes of at least 4 members (excludes halogenated alkanes) is 1. The lowest BCUT2D eigenvalue weighted by molar-refractivity contribution is 0.453. The zero-order valence-corrected chi connectivity index (χ0v) is 13.9. The summed E-state index contributed by atoms with van der Waals surface area (Å²) in [6, 6.07) is 2.75. The number of hydrogen-bond acceptors (Lipinski definition) is 2. The van der Waals surface area contributed by atoms with Gasteiger partial charge in [-0.25, -0.2) is 17.1 Å². The van der Waals surface area contributed by atoms with Crippen LogP contribution < -0.4 is 0 Å². The average Bonchev–Trinajstić information content (AvgIpc) is 2.37. The molecule has 19 heavy (non-hydrogen) atoms. The molecule has 0 spiro atoms. The van der Waals surface area contributed by atoms with Crippen LogP contribution in [0.2, 0.25) is 0 Å². The fourth-order valence-electron chi connectivity index (χ4n) is 1.57. The number of sulfonamides is 1. The van der Waals surface area contributed by atoms with E-state index in [1.54, 1.807) is 0 Å². The summed E-state index contributed by atoms with van der Waals surface area (Å²) < 4.78 is 40.4. The molecule has 0 saturated carbocycles. The molecule has 1 aromatic rings. The Balaban J connectivity index is 3.25. The Morgan fingerprint density at radius 1 is 1.42 bits per heavy atom. The normalized spacial score (nSPS) is 12.1. The van der Waals surface area contributed by atoms with Crippen molar-refractivity contribution in [3.63, 3.8) is 0 Å². The Hall–Kier alpha value is -0.170. The maximum atomic E-state index is 14.1. The van der Waals surface area contributed by atoms with E-state index in [1.165, 1.54) is 23.5 Å². The summed E-state index contributed by atoms with van der Waals surface area (Å²) in [5.41, 5.74) is 0.165. The monoisotopic (exact) mass is 371 g/mol. The molecule has 0 radical (unpaired) electrons. The van der Waals surface area contributed by atoms with Crippen molar-refractivity contribution in [2.75, 3.05) is 13.6 Å². The first-order chi connectivity index (χ1) is 8.84. The number of hydrogen-bond donors (Lipinski definition) is 0. The van der Waals surface area contributed by atoms with E-state index < -0.39 is 15.8 Å². The predicted octanol–water partition coefficient (Wildman–Crippen LogP) is 3.75. The summed E-state index contributed by atoms with van der Waals surface area (Å²) in [4.78, 5) is -0.337. The highest BCUT2D eigenvalue weighted by atomic mass is 79.9. The fraction of sp³-hybridized carbons (Fsp3) is 0.500. The summed E-state index contributed by atoms with van der Waals surface area (Å²) in [5.74, 6) is -0.853. The van der Waals surface area contributed by atoms with Gasteiger partial charge in [-0.1, -0.05) is 29.3 Å². The number of benzene rings is 1. The topological polar surface area (TPSA) is 37.4 Å². The van der Waals surface area contributed by atoms with Crippen LogP contribution in [0, 0.1) is 5.82 Å². The zero-order chi connectivity index (χ0) is 14.6. The van der Waals surface area contributed by atoms with E-state index in [4.69, 9.17) is 11.6 Å². The van der Waals surface area contributed by atoms with Gasteiger partial charge in [0, 0.05) is 23.6 Å². The van der Waals surface area contributed by atoms with E-state index in [9.17, 15) is 12.8 Å². The molecule has 0 atom stereocenters. The number of halogens is 3. The van der Waals surface area contributed by atoms with E-state index in [1.807, 2.05) is 6.92 Å². The minimum absolute atomic E-state index is 0.0769. The third-order valence-corrected chi connectivity index (χ3v) is 5.34. The van der Waals surface area contributed by atoms with Gasteiger partial charge in [0.25, 0.3) is 0 Å². The Kier molecular flexibility index (Phi) is 6.23. The van der Waals surface area contributed by atoms with Gasteiger partial charge in [-0.2, -0.15) is 0 Å². The van der Waals surface area contributed by atoms with Crippen LogP contribution in [-0.4, -0.2) is 26.3 Å². The van der Waals surface area contributed by atoms with Gasteiger partial charge < -0.3 is 0 Å². The SMILES string of the molecule is CCCCN(C)S(=O)(=O)c1cc(Br)cc(CCl)c1F. The molecule has 0 N–H and O–H groups in total. The molecular formula is C12H16BrClFNO2S. The van der Waals surface area contributed by atoms with Crippen molar-refractivity contribution >= 4 is 37.6 Å². The Labute approximate surface area is 126 Å². The lowest BCUT2D eigenvalue weighted by atomic mass is 10.2. The van der Waals surface area contributed by atoms with Crippen molar-refractivity contribution in [2.45, 2.75) is 30.5 Å². The molecule has 0 aromatic heterocycles. The van der Waals surface area contributed by atoms with Gasteiger partial charge >= 0.3 is 0 Å². The fourth-order valence-corrected chi connectivity index (χ4v) is 3.76. The molecule has 0 aliphatic heterocycles. The Bertz CT molecular complexity index is 551. The van der Waals surface area contributed by atoms with Crippen molar-refractivity contribution in [2.24, 2.45) is 0 Å². The molecule has 0 bridgehead atoms. The van der Waals surface area contributed by atoms with Gasteiger partial charge in [0.1, 0.15) is 10.7 Å².